The van der Waals surface area contributed by atoms with Crippen LogP contribution in [0.15, 0.2) is 83.9 Å². The van der Waals surface area contributed by atoms with Gasteiger partial charge in [-0.1, -0.05) is 18.2 Å². The molecule has 0 aliphatic rings. The predicted molar refractivity (Wildman–Crippen MR) is 115 cm³/mol. The second kappa shape index (κ2) is 8.96. The van der Waals surface area contributed by atoms with Crippen molar-refractivity contribution < 1.29 is 13.4 Å². The van der Waals surface area contributed by atoms with Gasteiger partial charge >= 0.3 is 0 Å². The Kier molecular flexibility index (Phi) is 5.94. The summed E-state index contributed by atoms with van der Waals surface area (Å²) in [5.74, 6) is 1.49. The van der Waals surface area contributed by atoms with Crippen LogP contribution in [0.25, 0.3) is 11.5 Å². The summed E-state index contributed by atoms with van der Waals surface area (Å²) >= 11 is 0. The molecule has 154 valence electrons. The third-order valence-electron chi connectivity index (χ3n) is 4.67. The van der Waals surface area contributed by atoms with Crippen LogP contribution in [0.5, 0.6) is 0 Å². The van der Waals surface area contributed by atoms with Gasteiger partial charge in [-0.25, -0.2) is 4.68 Å². The molecular formula is C22H22N4O3S. The number of hydrogen-bond acceptors (Lipinski definition) is 4. The minimum atomic E-state index is -1.37. The molecule has 30 heavy (non-hydrogen) atoms. The molecule has 0 aliphatic carbocycles. The third kappa shape index (κ3) is 4.44. The summed E-state index contributed by atoms with van der Waals surface area (Å²) in [6, 6.07) is 17.2. The summed E-state index contributed by atoms with van der Waals surface area (Å²) in [7, 11) is 0.308. The first-order valence-electron chi connectivity index (χ1n) is 9.49. The van der Waals surface area contributed by atoms with Gasteiger partial charge in [0.1, 0.15) is 17.3 Å². The van der Waals surface area contributed by atoms with Crippen molar-refractivity contribution in [3.05, 3.63) is 90.8 Å². The molecule has 0 aliphatic heterocycles. The minimum Gasteiger partial charge on any atom is -0.467 e. The van der Waals surface area contributed by atoms with Gasteiger partial charge in [-0.2, -0.15) is 5.10 Å². The summed E-state index contributed by atoms with van der Waals surface area (Å²) in [6.45, 7) is 0.351. The second-order valence-corrected chi connectivity index (χ2v) is 8.35. The van der Waals surface area contributed by atoms with E-state index in [0.717, 1.165) is 17.1 Å². The lowest BCUT2D eigenvalue weighted by molar-refractivity contribution is -0.127. The van der Waals surface area contributed by atoms with Gasteiger partial charge in [0.15, 0.2) is 0 Å². The highest BCUT2D eigenvalue weighted by Gasteiger charge is 2.19. The van der Waals surface area contributed by atoms with E-state index in [2.05, 4.69) is 5.10 Å². The van der Waals surface area contributed by atoms with Crippen molar-refractivity contribution >= 4 is 16.7 Å². The van der Waals surface area contributed by atoms with Gasteiger partial charge < -0.3 is 13.9 Å². The Morgan fingerprint density at radius 2 is 1.87 bits per heavy atom. The van der Waals surface area contributed by atoms with E-state index in [9.17, 15) is 9.00 Å². The molecular weight excluding hydrogens is 400 g/mol. The molecule has 1 atom stereocenters. The van der Waals surface area contributed by atoms with E-state index in [-0.39, 0.29) is 17.4 Å². The van der Waals surface area contributed by atoms with E-state index in [1.165, 1.54) is 4.90 Å². The molecule has 3 heterocycles. The molecule has 4 rings (SSSR count). The highest BCUT2D eigenvalue weighted by Crippen LogP contribution is 2.21. The van der Waals surface area contributed by atoms with Crippen molar-refractivity contribution in [3.8, 4) is 11.5 Å². The summed E-state index contributed by atoms with van der Waals surface area (Å²) in [4.78, 5) is 14.0. The first kappa shape index (κ1) is 19.9. The Balaban J connectivity index is 1.51. The average Bonchev–Trinajstić information content (AvgIpc) is 3.50. The smallest absolute Gasteiger partial charge is 0.235 e. The maximum absolute atomic E-state index is 12.8. The van der Waals surface area contributed by atoms with Crippen LogP contribution in [0.1, 0.15) is 11.3 Å². The van der Waals surface area contributed by atoms with Gasteiger partial charge in [-0.3, -0.25) is 9.00 Å². The fraction of sp³-hybridized carbons (Fsp3) is 0.182. The number of aromatic nitrogens is 3. The molecule has 7 nitrogen and oxygen atoms in total. The Labute approximate surface area is 177 Å². The number of nitrogens with zero attached hydrogens (tertiary/aromatic N) is 4. The number of rotatable bonds is 8. The number of hydrogen-bond donors (Lipinski definition) is 0. The van der Waals surface area contributed by atoms with Crippen molar-refractivity contribution in [1.29, 1.82) is 0 Å². The van der Waals surface area contributed by atoms with E-state index in [1.54, 1.807) is 25.6 Å². The molecule has 1 unspecified atom stereocenters. The van der Waals surface area contributed by atoms with Crippen LogP contribution in [-0.4, -0.2) is 42.2 Å². The quantitative estimate of drug-likeness (QED) is 0.437. The molecule has 8 heteroatoms. The molecule has 0 fully saturated rings. The maximum atomic E-state index is 12.8. The fourth-order valence-electron chi connectivity index (χ4n) is 3.18. The van der Waals surface area contributed by atoms with Gasteiger partial charge in [0.25, 0.3) is 0 Å². The lowest BCUT2D eigenvalue weighted by atomic mass is 10.3. The van der Waals surface area contributed by atoms with Crippen molar-refractivity contribution in [2.24, 2.45) is 0 Å². The number of benzene rings is 1. The van der Waals surface area contributed by atoms with Crippen molar-refractivity contribution in [2.75, 3.05) is 12.8 Å². The number of carbonyl (C=O) groups is 1. The van der Waals surface area contributed by atoms with Crippen molar-refractivity contribution in [2.45, 2.75) is 12.3 Å². The SMILES string of the molecule is CN(Cc1ccco1)C(=O)CS(=O)Cc1cnn(-c2ccccc2)c1-n1cccc1. The zero-order valence-corrected chi connectivity index (χ0v) is 17.4. The minimum absolute atomic E-state index is 0.0567. The average molecular weight is 423 g/mol. The summed E-state index contributed by atoms with van der Waals surface area (Å²) < 4.78 is 21.8. The molecule has 0 saturated carbocycles. The fourth-order valence-corrected chi connectivity index (χ4v) is 4.33. The number of para-hydroxylation sites is 1. The summed E-state index contributed by atoms with van der Waals surface area (Å²) in [5.41, 5.74) is 1.72. The highest BCUT2D eigenvalue weighted by atomic mass is 32.2. The highest BCUT2D eigenvalue weighted by molar-refractivity contribution is 7.84. The summed E-state index contributed by atoms with van der Waals surface area (Å²) in [6.07, 6.45) is 7.13. The Bertz CT molecular complexity index is 1120. The molecule has 0 radical (unpaired) electrons. The van der Waals surface area contributed by atoms with Gasteiger partial charge in [0, 0.05) is 35.8 Å². The van der Waals surface area contributed by atoms with Gasteiger partial charge in [0.05, 0.1) is 30.4 Å². The predicted octanol–water partition coefficient (Wildman–Crippen LogP) is 3.16. The molecule has 1 aromatic carbocycles. The standard InChI is InChI=1S/C22H22N4O3S/c1-24(15-20-10-7-13-29-20)21(27)17-30(28)16-18-14-23-26(19-8-3-2-4-9-19)22(18)25-11-5-6-12-25/h2-14H,15-17H2,1H3. The molecule has 1 amide bonds. The Morgan fingerprint density at radius 3 is 2.57 bits per heavy atom. The van der Waals surface area contributed by atoms with E-state index in [4.69, 9.17) is 4.42 Å². The Hall–Kier alpha value is -3.39. The van der Waals surface area contributed by atoms with E-state index in [1.807, 2.05) is 70.2 Å². The zero-order chi connectivity index (χ0) is 20.9. The van der Waals surface area contributed by atoms with Crippen LogP contribution in [-0.2, 0) is 27.9 Å². The molecule has 3 aromatic heterocycles. The third-order valence-corrected chi connectivity index (χ3v) is 5.87. The lowest BCUT2D eigenvalue weighted by Crippen LogP contribution is -2.30. The normalized spacial score (nSPS) is 12.0. The first-order valence-corrected chi connectivity index (χ1v) is 11.0. The van der Waals surface area contributed by atoms with Gasteiger partial charge in [-0.05, 0) is 36.4 Å². The second-order valence-electron chi connectivity index (χ2n) is 6.89. The molecule has 0 spiro atoms. The van der Waals surface area contributed by atoms with Gasteiger partial charge in [-0.15, -0.1) is 0 Å². The molecule has 4 aromatic rings. The zero-order valence-electron chi connectivity index (χ0n) is 16.5. The van der Waals surface area contributed by atoms with E-state index >= 15 is 0 Å². The van der Waals surface area contributed by atoms with Gasteiger partial charge in [0.2, 0.25) is 5.91 Å². The summed E-state index contributed by atoms with van der Waals surface area (Å²) in [5, 5.41) is 4.51. The van der Waals surface area contributed by atoms with Crippen LogP contribution in [0.4, 0.5) is 0 Å². The number of furan rings is 1. The molecule has 0 N–H and O–H groups in total. The largest absolute Gasteiger partial charge is 0.467 e. The van der Waals surface area contributed by atoms with Crippen molar-refractivity contribution in [3.63, 3.8) is 0 Å². The van der Waals surface area contributed by atoms with Crippen LogP contribution in [0, 0.1) is 0 Å². The Morgan fingerprint density at radius 1 is 1.10 bits per heavy atom. The van der Waals surface area contributed by atoms with E-state index < -0.39 is 10.8 Å². The maximum Gasteiger partial charge on any atom is 0.235 e. The van der Waals surface area contributed by atoms with Crippen LogP contribution in [0.3, 0.4) is 0 Å². The van der Waals surface area contributed by atoms with Crippen molar-refractivity contribution in [1.82, 2.24) is 19.2 Å². The number of amides is 1. The van der Waals surface area contributed by atoms with Crippen LogP contribution < -0.4 is 0 Å². The van der Waals surface area contributed by atoms with Crippen LogP contribution in [0.2, 0.25) is 0 Å². The molecule has 0 saturated heterocycles. The molecule has 0 bridgehead atoms. The lowest BCUT2D eigenvalue weighted by Gasteiger charge is -2.15. The first-order chi connectivity index (χ1) is 14.6. The van der Waals surface area contributed by atoms with E-state index in [0.29, 0.717) is 12.3 Å². The monoisotopic (exact) mass is 422 g/mol. The number of carbonyl (C=O) groups excluding carboxylic acids is 1. The van der Waals surface area contributed by atoms with Crippen LogP contribution >= 0.6 is 0 Å². The topological polar surface area (TPSA) is 73.3 Å².